The molecule has 12 nitrogen and oxygen atoms in total. The van der Waals surface area contributed by atoms with E-state index in [-0.39, 0.29) is 87.4 Å². The molecule has 4 fully saturated rings. The van der Waals surface area contributed by atoms with Gasteiger partial charge in [-0.1, -0.05) is 57.5 Å². The zero-order valence-electron chi connectivity index (χ0n) is 44.4. The summed E-state index contributed by atoms with van der Waals surface area (Å²) in [6.45, 7) is 23.2. The number of hydrogen-bond acceptors (Lipinski definition) is 12. The Morgan fingerprint density at radius 1 is 0.681 bits per heavy atom. The van der Waals surface area contributed by atoms with Gasteiger partial charge in [0.25, 0.3) is 0 Å². The molecule has 8 rings (SSSR count). The first-order valence-electron chi connectivity index (χ1n) is 25.7. The van der Waals surface area contributed by atoms with Crippen LogP contribution in [0.3, 0.4) is 0 Å². The summed E-state index contributed by atoms with van der Waals surface area (Å²) in [5.41, 5.74) is 3.62. The van der Waals surface area contributed by atoms with Gasteiger partial charge in [0.15, 0.2) is 5.65 Å². The predicted molar refractivity (Wildman–Crippen MR) is 278 cm³/mol. The van der Waals surface area contributed by atoms with Gasteiger partial charge >= 0.3 is 76.9 Å². The molecule has 2 aliphatic carbocycles. The summed E-state index contributed by atoms with van der Waals surface area (Å²) in [5, 5.41) is 2.07. The molecule has 392 valence electrons. The van der Waals surface area contributed by atoms with E-state index in [0.29, 0.717) is 35.9 Å². The average Bonchev–Trinajstić information content (AvgIpc) is 3.32. The van der Waals surface area contributed by atoms with Gasteiger partial charge in [0, 0.05) is 40.2 Å². The van der Waals surface area contributed by atoms with Gasteiger partial charge in [-0.05, 0) is 176 Å². The molecular weight excluding hydrogens is 1020 g/mol. The third kappa shape index (κ3) is 20.9. The maximum Gasteiger partial charge on any atom is 1.00 e. The number of piperidine rings is 2. The first-order chi connectivity index (χ1) is 33.7. The van der Waals surface area contributed by atoms with Crippen LogP contribution in [0.15, 0.2) is 53.3 Å². The summed E-state index contributed by atoms with van der Waals surface area (Å²) >= 11 is 3.47. The molecule has 1 aromatic carbocycles. The van der Waals surface area contributed by atoms with Gasteiger partial charge in [-0.25, -0.2) is 9.97 Å². The number of likely N-dealkylation sites (tertiary alicyclic amines) is 2. The van der Waals surface area contributed by atoms with Gasteiger partial charge in [0.05, 0.1) is 30.6 Å². The summed E-state index contributed by atoms with van der Waals surface area (Å²) in [6, 6.07) is 12.7. The number of pyridine rings is 2. The second kappa shape index (κ2) is 30.3. The Labute approximate surface area is 478 Å². The molecule has 2 aliphatic heterocycles. The number of rotatable bonds is 10. The van der Waals surface area contributed by atoms with Gasteiger partial charge in [-0.2, -0.15) is 9.97 Å². The predicted octanol–water partition coefficient (Wildman–Crippen LogP) is 9.70. The first kappa shape index (κ1) is 62.1. The summed E-state index contributed by atoms with van der Waals surface area (Å²) in [6.07, 6.45) is 17.1. The SMILES string of the molecule is CC(C)(C)C1CCC(Oc2ncc3cc(Br)ccc3n2)CC1.CCOC(=O)C1CCN(Cc2cnc3nc(OC4CCC(C(C)(C)C)CC4)ccc3c2)CC1.FB(F)F.[CH2-]N1CCC(C(=O)OCC)CC1.[K+]. The van der Waals surface area contributed by atoms with E-state index in [1.165, 1.54) is 31.2 Å². The van der Waals surface area contributed by atoms with E-state index in [1.807, 2.05) is 55.4 Å². The second-order valence-corrected chi connectivity index (χ2v) is 22.4. The molecule has 0 amide bonds. The fourth-order valence-electron chi connectivity index (χ4n) is 9.92. The molecule has 4 aromatic rings. The van der Waals surface area contributed by atoms with Crippen LogP contribution in [0.5, 0.6) is 11.9 Å². The summed E-state index contributed by atoms with van der Waals surface area (Å²) in [7, 11) is 0.152. The van der Waals surface area contributed by atoms with Crippen LogP contribution in [0.25, 0.3) is 21.9 Å². The minimum absolute atomic E-state index is 0. The molecule has 0 spiro atoms. The topological polar surface area (TPSA) is 129 Å². The van der Waals surface area contributed by atoms with Gasteiger partial charge in [0.1, 0.15) is 12.2 Å². The number of benzene rings is 1. The number of hydrogen-bond donors (Lipinski definition) is 0. The third-order valence-corrected chi connectivity index (χ3v) is 14.8. The van der Waals surface area contributed by atoms with Gasteiger partial charge in [-0.15, -0.1) is 0 Å². The summed E-state index contributed by atoms with van der Waals surface area (Å²) in [4.78, 5) is 45.7. The number of ether oxygens (including phenoxy) is 4. The van der Waals surface area contributed by atoms with Crippen molar-refractivity contribution in [3.8, 4) is 11.9 Å². The Kier molecular flexibility index (Phi) is 26.2. The summed E-state index contributed by atoms with van der Waals surface area (Å²) < 4.78 is 52.4. The van der Waals surface area contributed by atoms with Crippen LogP contribution in [0.1, 0.15) is 138 Å². The molecule has 18 heteroatoms. The van der Waals surface area contributed by atoms with Gasteiger partial charge < -0.3 is 23.8 Å². The molecule has 5 heterocycles. The molecule has 0 bridgehead atoms. The van der Waals surface area contributed by atoms with Crippen molar-refractivity contribution in [1.29, 1.82) is 0 Å². The van der Waals surface area contributed by atoms with Crippen LogP contribution in [-0.4, -0.2) is 101 Å². The van der Waals surface area contributed by atoms with E-state index in [9.17, 15) is 22.5 Å². The molecule has 4 aliphatic rings. The number of carbonyl (C=O) groups excluding carboxylic acids is 2. The summed E-state index contributed by atoms with van der Waals surface area (Å²) in [5.74, 6) is 2.33. The number of halogens is 4. The van der Waals surface area contributed by atoms with Crippen molar-refractivity contribution >= 4 is 57.3 Å². The molecule has 3 aromatic heterocycles. The van der Waals surface area contributed by atoms with Crippen molar-refractivity contribution in [1.82, 2.24) is 29.7 Å². The van der Waals surface area contributed by atoms with E-state index < -0.39 is 7.54 Å². The van der Waals surface area contributed by atoms with Crippen LogP contribution in [0.2, 0.25) is 0 Å². The van der Waals surface area contributed by atoms with Crippen molar-refractivity contribution in [2.45, 2.75) is 151 Å². The molecular formula is C54H78BBrF3KN6O6. The fraction of sp³-hybridized carbons (Fsp3) is 0.648. The van der Waals surface area contributed by atoms with Crippen LogP contribution in [0.4, 0.5) is 12.9 Å². The minimum atomic E-state index is -3.67. The number of carbonyl (C=O) groups is 2. The van der Waals surface area contributed by atoms with Crippen molar-refractivity contribution in [3.05, 3.63) is 65.9 Å². The van der Waals surface area contributed by atoms with Gasteiger partial charge in [0.2, 0.25) is 5.88 Å². The maximum absolute atomic E-state index is 11.9. The van der Waals surface area contributed by atoms with Crippen molar-refractivity contribution < 1.29 is 92.9 Å². The van der Waals surface area contributed by atoms with Crippen molar-refractivity contribution in [2.75, 3.05) is 39.4 Å². The largest absolute Gasteiger partial charge is 1.00 e. The Morgan fingerprint density at radius 2 is 1.19 bits per heavy atom. The van der Waals surface area contributed by atoms with E-state index in [4.69, 9.17) is 18.9 Å². The van der Waals surface area contributed by atoms with E-state index >= 15 is 0 Å². The molecule has 0 unspecified atom stereocenters. The molecule has 72 heavy (non-hydrogen) atoms. The Bertz CT molecular complexity index is 2260. The molecule has 0 N–H and O–H groups in total. The second-order valence-electron chi connectivity index (χ2n) is 21.5. The Morgan fingerprint density at radius 3 is 1.71 bits per heavy atom. The van der Waals surface area contributed by atoms with Gasteiger partial charge in [-0.3, -0.25) is 34.5 Å². The van der Waals surface area contributed by atoms with E-state index in [0.717, 1.165) is 122 Å². The Hall–Kier alpha value is -2.45. The maximum atomic E-state index is 11.9. The quantitative estimate of drug-likeness (QED) is 0.0852. The molecule has 0 radical (unpaired) electrons. The Balaban J connectivity index is 0.000000247. The van der Waals surface area contributed by atoms with Crippen molar-refractivity contribution in [3.63, 3.8) is 0 Å². The number of esters is 2. The number of nitrogens with zero attached hydrogens (tertiary/aromatic N) is 6. The zero-order chi connectivity index (χ0) is 51.7. The number of fused-ring (bicyclic) bond motifs is 2. The van der Waals surface area contributed by atoms with E-state index in [1.54, 1.807) is 0 Å². The van der Waals surface area contributed by atoms with Crippen LogP contribution < -0.4 is 60.9 Å². The number of aromatic nitrogens is 4. The van der Waals surface area contributed by atoms with Crippen LogP contribution >= 0.6 is 15.9 Å². The first-order valence-corrected chi connectivity index (χ1v) is 26.5. The smallest absolute Gasteiger partial charge is 0.474 e. The fourth-order valence-corrected chi connectivity index (χ4v) is 10.3. The van der Waals surface area contributed by atoms with Crippen LogP contribution in [0, 0.1) is 41.5 Å². The monoisotopic (exact) mass is 1090 g/mol. The molecule has 2 saturated carbocycles. The normalized spacial score (nSPS) is 21.3. The van der Waals surface area contributed by atoms with E-state index in [2.05, 4.69) is 101 Å². The molecule has 2 saturated heterocycles. The van der Waals surface area contributed by atoms with Crippen molar-refractivity contribution in [2.24, 2.45) is 34.5 Å². The minimum Gasteiger partial charge on any atom is -0.474 e. The third-order valence-electron chi connectivity index (χ3n) is 14.3. The molecule has 0 atom stereocenters. The average molecular weight is 1090 g/mol. The van der Waals surface area contributed by atoms with Crippen LogP contribution in [-0.2, 0) is 25.6 Å². The standard InChI is InChI=1S/C27H39N3O3.C18H23BrN2O.C9H16NO2.BF3.K/c1-5-32-26(31)20-12-14-30(15-13-20)18-19-16-21-6-11-24(29-25(21)28-17-19)33-23-9-7-22(8-10-23)27(2,3)4;1-18(2,3)13-4-7-15(8-5-13)22-17-20-11-12-10-14(19)6-9-16(12)21-17;1-3-12-9(11)8-4-6-10(2)7-5-8;2-1(3)4;/h6,11,16-17,20,22-23H,5,7-10,12-15,18H2,1-4H3;6,9-11,13,15H,4-5,7-8H2,1-3H3;8H,2-7H2,1H3;;/q;;-1;;+1. The zero-order valence-corrected chi connectivity index (χ0v) is 49.2.